The molecule has 5 heteroatoms. The number of hydrogen-bond acceptors (Lipinski definition) is 3. The van der Waals surface area contributed by atoms with Gasteiger partial charge < -0.3 is 10.6 Å². The lowest BCUT2D eigenvalue weighted by molar-refractivity contribution is 0.677. The number of nitrogens with zero attached hydrogens (tertiary/aromatic N) is 2. The normalized spacial score (nSPS) is 12.9. The van der Waals surface area contributed by atoms with Crippen molar-refractivity contribution in [1.82, 2.24) is 15.6 Å². The van der Waals surface area contributed by atoms with Crippen molar-refractivity contribution in [3.63, 3.8) is 0 Å². The summed E-state index contributed by atoms with van der Waals surface area (Å²) >= 11 is 1.76. The Kier molecular flexibility index (Phi) is 7.75. The first kappa shape index (κ1) is 18.5. The fraction of sp³-hybridized carbons (Fsp3) is 0.474. The van der Waals surface area contributed by atoms with Crippen molar-refractivity contribution in [1.29, 1.82) is 0 Å². The zero-order valence-electron chi connectivity index (χ0n) is 14.9. The van der Waals surface area contributed by atoms with Crippen LogP contribution in [-0.2, 0) is 6.42 Å². The molecule has 1 unspecified atom stereocenters. The van der Waals surface area contributed by atoms with Crippen molar-refractivity contribution in [2.75, 3.05) is 13.1 Å². The van der Waals surface area contributed by atoms with E-state index >= 15 is 0 Å². The summed E-state index contributed by atoms with van der Waals surface area (Å²) in [7, 11) is 0. The van der Waals surface area contributed by atoms with Gasteiger partial charge in [0, 0.05) is 24.2 Å². The quantitative estimate of drug-likeness (QED) is 0.431. The van der Waals surface area contributed by atoms with E-state index in [2.05, 4.69) is 59.1 Å². The zero-order chi connectivity index (χ0) is 17.2. The van der Waals surface area contributed by atoms with Crippen LogP contribution >= 0.6 is 11.3 Å². The topological polar surface area (TPSA) is 49.3 Å². The van der Waals surface area contributed by atoms with Gasteiger partial charge in [-0.1, -0.05) is 30.3 Å². The van der Waals surface area contributed by atoms with Gasteiger partial charge in [0.15, 0.2) is 5.96 Å². The highest BCUT2D eigenvalue weighted by molar-refractivity contribution is 7.09. The maximum absolute atomic E-state index is 4.69. The van der Waals surface area contributed by atoms with Gasteiger partial charge in [-0.05, 0) is 45.6 Å². The second kappa shape index (κ2) is 10.1. The molecule has 0 aliphatic heterocycles. The molecule has 1 aromatic carbocycles. The molecule has 0 amide bonds. The molecule has 4 nitrogen and oxygen atoms in total. The molecule has 1 atom stereocenters. The lowest BCUT2D eigenvalue weighted by Crippen LogP contribution is -2.38. The molecule has 0 saturated carbocycles. The Balaban J connectivity index is 1.77. The van der Waals surface area contributed by atoms with Gasteiger partial charge in [0.25, 0.3) is 0 Å². The molecule has 0 aliphatic rings. The predicted octanol–water partition coefficient (Wildman–Crippen LogP) is 4.09. The van der Waals surface area contributed by atoms with Gasteiger partial charge in [0.1, 0.15) is 0 Å². The lowest BCUT2D eigenvalue weighted by Gasteiger charge is -2.18. The molecule has 0 spiro atoms. The predicted molar refractivity (Wildman–Crippen MR) is 104 cm³/mol. The van der Waals surface area contributed by atoms with E-state index in [1.165, 1.54) is 10.6 Å². The first-order valence-electron chi connectivity index (χ1n) is 8.70. The number of unbranched alkanes of at least 4 members (excludes halogenated alkanes) is 1. The molecule has 0 bridgehead atoms. The Morgan fingerprint density at radius 3 is 2.71 bits per heavy atom. The summed E-state index contributed by atoms with van der Waals surface area (Å²) in [5, 5.41) is 10.2. The van der Waals surface area contributed by atoms with E-state index in [4.69, 9.17) is 4.99 Å². The molecule has 0 fully saturated rings. The number of nitrogens with one attached hydrogen (secondary N) is 2. The van der Waals surface area contributed by atoms with Crippen LogP contribution < -0.4 is 10.6 Å². The number of rotatable bonds is 8. The van der Waals surface area contributed by atoms with E-state index < -0.39 is 0 Å². The number of hydrogen-bond donors (Lipinski definition) is 2. The largest absolute Gasteiger partial charge is 0.357 e. The fourth-order valence-electron chi connectivity index (χ4n) is 2.45. The third kappa shape index (κ3) is 6.32. The molecule has 1 heterocycles. The number of guanidine groups is 1. The molecule has 130 valence electrons. The SMILES string of the molecule is CCNC(=NCCCCc1nc(C)cs1)NC(C)c1ccccc1. The first-order chi connectivity index (χ1) is 11.7. The van der Waals surface area contributed by atoms with Gasteiger partial charge in [-0.25, -0.2) is 4.98 Å². The van der Waals surface area contributed by atoms with E-state index in [0.29, 0.717) is 0 Å². The summed E-state index contributed by atoms with van der Waals surface area (Å²) < 4.78 is 0. The highest BCUT2D eigenvalue weighted by Crippen LogP contribution is 2.12. The van der Waals surface area contributed by atoms with Crippen LogP contribution in [0, 0.1) is 6.92 Å². The van der Waals surface area contributed by atoms with Gasteiger partial charge in [-0.2, -0.15) is 0 Å². The van der Waals surface area contributed by atoms with Crippen LogP contribution in [0.2, 0.25) is 0 Å². The standard InChI is InChI=1S/C19H28N4S/c1-4-20-19(23-16(3)17-10-6-5-7-11-17)21-13-9-8-12-18-22-15(2)14-24-18/h5-7,10-11,14,16H,4,8-9,12-13H2,1-3H3,(H2,20,21,23). The van der Waals surface area contributed by atoms with Gasteiger partial charge in [0.2, 0.25) is 0 Å². The van der Waals surface area contributed by atoms with Gasteiger partial charge in [0.05, 0.1) is 11.0 Å². The minimum absolute atomic E-state index is 0.238. The highest BCUT2D eigenvalue weighted by Gasteiger charge is 2.06. The number of benzene rings is 1. The second-order valence-corrected chi connectivity index (χ2v) is 6.82. The summed E-state index contributed by atoms with van der Waals surface area (Å²) in [6.45, 7) is 8.00. The smallest absolute Gasteiger partial charge is 0.191 e. The Morgan fingerprint density at radius 2 is 2.04 bits per heavy atom. The number of aliphatic imine (C=N–C) groups is 1. The minimum atomic E-state index is 0.238. The second-order valence-electron chi connectivity index (χ2n) is 5.88. The molecule has 0 radical (unpaired) electrons. The molecular formula is C19H28N4S. The van der Waals surface area contributed by atoms with Crippen LogP contribution in [0.3, 0.4) is 0 Å². The van der Waals surface area contributed by atoms with Crippen molar-refractivity contribution in [3.8, 4) is 0 Å². The fourth-order valence-corrected chi connectivity index (χ4v) is 3.26. The van der Waals surface area contributed by atoms with Crippen LogP contribution in [0.15, 0.2) is 40.7 Å². The summed E-state index contributed by atoms with van der Waals surface area (Å²) in [5.74, 6) is 0.888. The average Bonchev–Trinajstić information content (AvgIpc) is 3.00. The van der Waals surface area contributed by atoms with E-state index in [1.54, 1.807) is 11.3 Å². The molecule has 0 saturated heterocycles. The van der Waals surface area contributed by atoms with Crippen molar-refractivity contribution < 1.29 is 0 Å². The average molecular weight is 345 g/mol. The van der Waals surface area contributed by atoms with E-state index in [1.807, 2.05) is 13.0 Å². The van der Waals surface area contributed by atoms with Crippen LogP contribution in [0.4, 0.5) is 0 Å². The summed E-state index contributed by atoms with van der Waals surface area (Å²) in [4.78, 5) is 9.20. The molecule has 2 N–H and O–H groups in total. The Bertz CT molecular complexity index is 621. The van der Waals surface area contributed by atoms with Crippen molar-refractivity contribution >= 4 is 17.3 Å². The summed E-state index contributed by atoms with van der Waals surface area (Å²) in [6, 6.07) is 10.7. The summed E-state index contributed by atoms with van der Waals surface area (Å²) in [5.41, 5.74) is 2.39. The summed E-state index contributed by atoms with van der Waals surface area (Å²) in [6.07, 6.45) is 3.26. The third-order valence-corrected chi connectivity index (χ3v) is 4.76. The van der Waals surface area contributed by atoms with Crippen LogP contribution in [0.5, 0.6) is 0 Å². The molecule has 2 aromatic rings. The Morgan fingerprint density at radius 1 is 1.25 bits per heavy atom. The van der Waals surface area contributed by atoms with E-state index in [9.17, 15) is 0 Å². The van der Waals surface area contributed by atoms with Crippen molar-refractivity contribution in [2.24, 2.45) is 4.99 Å². The molecular weight excluding hydrogens is 316 g/mol. The highest BCUT2D eigenvalue weighted by atomic mass is 32.1. The van der Waals surface area contributed by atoms with Gasteiger partial charge in [-0.3, -0.25) is 4.99 Å². The number of aromatic nitrogens is 1. The number of thiazole rings is 1. The molecule has 2 rings (SSSR count). The molecule has 0 aliphatic carbocycles. The van der Waals surface area contributed by atoms with Crippen LogP contribution in [0.25, 0.3) is 0 Å². The van der Waals surface area contributed by atoms with Crippen molar-refractivity contribution in [2.45, 2.75) is 46.1 Å². The van der Waals surface area contributed by atoms with Gasteiger partial charge in [-0.15, -0.1) is 11.3 Å². The lowest BCUT2D eigenvalue weighted by atomic mass is 10.1. The zero-order valence-corrected chi connectivity index (χ0v) is 15.7. The Labute approximate surface area is 149 Å². The third-order valence-electron chi connectivity index (χ3n) is 3.73. The van der Waals surface area contributed by atoms with Crippen molar-refractivity contribution in [3.05, 3.63) is 52.0 Å². The maximum atomic E-state index is 4.69. The van der Waals surface area contributed by atoms with Crippen LogP contribution in [-0.4, -0.2) is 24.0 Å². The first-order valence-corrected chi connectivity index (χ1v) is 9.57. The van der Waals surface area contributed by atoms with Gasteiger partial charge >= 0.3 is 0 Å². The number of aryl methyl sites for hydroxylation is 2. The van der Waals surface area contributed by atoms with Crippen LogP contribution in [0.1, 0.15) is 49.0 Å². The molecule has 24 heavy (non-hydrogen) atoms. The Hall–Kier alpha value is -1.88. The maximum Gasteiger partial charge on any atom is 0.191 e. The van der Waals surface area contributed by atoms with E-state index in [0.717, 1.165) is 44.0 Å². The minimum Gasteiger partial charge on any atom is -0.357 e. The molecule has 1 aromatic heterocycles. The monoisotopic (exact) mass is 344 g/mol. The van der Waals surface area contributed by atoms with E-state index in [-0.39, 0.29) is 6.04 Å².